The molecule has 3 aromatic carbocycles. The van der Waals surface area contributed by atoms with Gasteiger partial charge in [0.1, 0.15) is 0 Å². The number of rotatable bonds is 1. The van der Waals surface area contributed by atoms with Crippen molar-refractivity contribution in [3.8, 4) is 0 Å². The van der Waals surface area contributed by atoms with Gasteiger partial charge in [-0.25, -0.2) is 0 Å². The molecular formula is C20H16F3N. The van der Waals surface area contributed by atoms with Gasteiger partial charge in [-0.3, -0.25) is 0 Å². The predicted octanol–water partition coefficient (Wildman–Crippen LogP) is 5.73. The maximum Gasteiger partial charge on any atom is 0.394 e. The largest absolute Gasteiger partial charge is 0.394 e. The third kappa shape index (κ3) is 2.62. The molecule has 0 saturated heterocycles. The fourth-order valence-corrected chi connectivity index (χ4v) is 3.48. The zero-order valence-electron chi connectivity index (χ0n) is 12.8. The Morgan fingerprint density at radius 1 is 0.833 bits per heavy atom. The summed E-state index contributed by atoms with van der Waals surface area (Å²) < 4.78 is 40.9. The fraction of sp³-hybridized carbons (Fsp3) is 0.200. The number of anilines is 1. The van der Waals surface area contributed by atoms with Gasteiger partial charge in [-0.2, -0.15) is 13.2 Å². The third-order valence-corrected chi connectivity index (χ3v) is 4.72. The number of alkyl halides is 3. The van der Waals surface area contributed by atoms with E-state index in [0.29, 0.717) is 5.56 Å². The van der Waals surface area contributed by atoms with Crippen molar-refractivity contribution in [1.82, 2.24) is 0 Å². The van der Waals surface area contributed by atoms with Crippen molar-refractivity contribution in [2.75, 3.05) is 5.32 Å². The summed E-state index contributed by atoms with van der Waals surface area (Å²) in [6.45, 7) is 0. The second-order valence-corrected chi connectivity index (χ2v) is 6.24. The first-order chi connectivity index (χ1) is 11.5. The molecule has 0 unspecified atom stereocenters. The Morgan fingerprint density at radius 2 is 1.54 bits per heavy atom. The molecule has 4 rings (SSSR count). The maximum atomic E-state index is 13.6. The molecule has 1 aliphatic heterocycles. The van der Waals surface area contributed by atoms with E-state index in [9.17, 15) is 13.2 Å². The van der Waals surface area contributed by atoms with E-state index in [4.69, 9.17) is 0 Å². The van der Waals surface area contributed by atoms with Crippen LogP contribution >= 0.6 is 0 Å². The molecule has 0 bridgehead atoms. The number of hydrogen-bond acceptors (Lipinski definition) is 1. The molecule has 24 heavy (non-hydrogen) atoms. The molecule has 4 heteroatoms. The predicted molar refractivity (Wildman–Crippen MR) is 90.0 cm³/mol. The molecule has 0 spiro atoms. The lowest BCUT2D eigenvalue weighted by atomic mass is 9.82. The van der Waals surface area contributed by atoms with Crippen LogP contribution in [0.25, 0.3) is 10.8 Å². The minimum atomic E-state index is -4.25. The highest BCUT2D eigenvalue weighted by Gasteiger charge is 2.47. The van der Waals surface area contributed by atoms with Gasteiger partial charge in [0.05, 0.1) is 12.0 Å². The van der Waals surface area contributed by atoms with E-state index >= 15 is 0 Å². The van der Waals surface area contributed by atoms with Crippen LogP contribution in [0.5, 0.6) is 0 Å². The van der Waals surface area contributed by atoms with Crippen LogP contribution in [-0.2, 0) is 6.42 Å². The van der Waals surface area contributed by atoms with Crippen LogP contribution in [0.2, 0.25) is 0 Å². The van der Waals surface area contributed by atoms with E-state index in [2.05, 4.69) is 5.32 Å². The van der Waals surface area contributed by atoms with Gasteiger partial charge in [0.2, 0.25) is 0 Å². The molecule has 0 saturated carbocycles. The number of nitrogens with one attached hydrogen (secondary N) is 1. The van der Waals surface area contributed by atoms with Gasteiger partial charge in [-0.05, 0) is 40.5 Å². The maximum absolute atomic E-state index is 13.6. The van der Waals surface area contributed by atoms with Gasteiger partial charge in [-0.1, -0.05) is 54.6 Å². The van der Waals surface area contributed by atoms with E-state index in [-0.39, 0.29) is 6.42 Å². The average Bonchev–Trinajstić information content (AvgIpc) is 2.59. The summed E-state index contributed by atoms with van der Waals surface area (Å²) in [6, 6.07) is 19.7. The molecular weight excluding hydrogens is 311 g/mol. The summed E-state index contributed by atoms with van der Waals surface area (Å²) in [5.74, 6) is -1.44. The normalized spacial score (nSPS) is 20.5. The molecule has 122 valence electrons. The Bertz CT molecular complexity index is 885. The van der Waals surface area contributed by atoms with Crippen molar-refractivity contribution in [3.05, 3.63) is 77.9 Å². The lowest BCUT2D eigenvalue weighted by molar-refractivity contribution is -0.179. The van der Waals surface area contributed by atoms with Crippen molar-refractivity contribution in [3.63, 3.8) is 0 Å². The lowest BCUT2D eigenvalue weighted by Gasteiger charge is -2.36. The average molecular weight is 327 g/mol. The van der Waals surface area contributed by atoms with Crippen molar-refractivity contribution in [2.24, 2.45) is 5.92 Å². The smallest absolute Gasteiger partial charge is 0.377 e. The quantitative estimate of drug-likeness (QED) is 0.602. The fourth-order valence-electron chi connectivity index (χ4n) is 3.48. The summed E-state index contributed by atoms with van der Waals surface area (Å²) in [7, 11) is 0. The highest BCUT2D eigenvalue weighted by Crippen LogP contribution is 2.45. The second kappa shape index (κ2) is 5.55. The van der Waals surface area contributed by atoms with E-state index in [0.717, 1.165) is 22.0 Å². The van der Waals surface area contributed by atoms with Crippen LogP contribution < -0.4 is 5.32 Å². The molecule has 0 aliphatic carbocycles. The summed E-state index contributed by atoms with van der Waals surface area (Å²) >= 11 is 0. The first kappa shape index (κ1) is 15.1. The lowest BCUT2D eigenvalue weighted by Crippen LogP contribution is -2.38. The first-order valence-electron chi connectivity index (χ1n) is 7.92. The highest BCUT2D eigenvalue weighted by molar-refractivity contribution is 5.83. The molecule has 2 atom stereocenters. The van der Waals surface area contributed by atoms with Crippen molar-refractivity contribution < 1.29 is 13.2 Å². The highest BCUT2D eigenvalue weighted by atomic mass is 19.4. The van der Waals surface area contributed by atoms with Gasteiger partial charge in [0, 0.05) is 5.69 Å². The van der Waals surface area contributed by atoms with Crippen molar-refractivity contribution in [1.29, 1.82) is 0 Å². The zero-order valence-corrected chi connectivity index (χ0v) is 12.8. The van der Waals surface area contributed by atoms with Crippen LogP contribution in [-0.4, -0.2) is 6.18 Å². The molecule has 0 aromatic heterocycles. The van der Waals surface area contributed by atoms with Crippen LogP contribution in [0.1, 0.15) is 17.2 Å². The van der Waals surface area contributed by atoms with Gasteiger partial charge in [0.25, 0.3) is 0 Å². The van der Waals surface area contributed by atoms with Gasteiger partial charge in [-0.15, -0.1) is 0 Å². The Hall–Kier alpha value is -2.49. The van der Waals surface area contributed by atoms with E-state index in [1.807, 2.05) is 48.5 Å². The van der Waals surface area contributed by atoms with Gasteiger partial charge < -0.3 is 5.32 Å². The molecule has 0 radical (unpaired) electrons. The zero-order chi connectivity index (χ0) is 16.7. The number of benzene rings is 3. The molecule has 1 aliphatic rings. The number of para-hydroxylation sites is 1. The molecule has 1 N–H and O–H groups in total. The topological polar surface area (TPSA) is 12.0 Å². The Morgan fingerprint density at radius 3 is 2.33 bits per heavy atom. The summed E-state index contributed by atoms with van der Waals surface area (Å²) in [6.07, 6.45) is -4.25. The Kier molecular flexibility index (Phi) is 3.48. The minimum Gasteiger partial charge on any atom is -0.377 e. The molecule has 3 aromatic rings. The molecule has 1 heterocycles. The second-order valence-electron chi connectivity index (χ2n) is 6.24. The van der Waals surface area contributed by atoms with E-state index < -0.39 is 18.1 Å². The minimum absolute atomic E-state index is 0.00413. The molecule has 0 fully saturated rings. The summed E-state index contributed by atoms with van der Waals surface area (Å²) in [4.78, 5) is 0. The number of fused-ring (bicyclic) bond motifs is 2. The summed E-state index contributed by atoms with van der Waals surface area (Å²) in [5.41, 5.74) is 2.18. The molecule has 1 nitrogen and oxygen atoms in total. The number of halogens is 3. The Labute approximate surface area is 138 Å². The monoisotopic (exact) mass is 327 g/mol. The SMILES string of the molecule is FC(F)(F)[C@H]1Cc2ccccc2N[C@H]1c1ccc2ccccc2c1. The van der Waals surface area contributed by atoms with Crippen LogP contribution in [0.3, 0.4) is 0 Å². The van der Waals surface area contributed by atoms with Crippen LogP contribution in [0.4, 0.5) is 18.9 Å². The van der Waals surface area contributed by atoms with Crippen molar-refractivity contribution in [2.45, 2.75) is 18.6 Å². The molecule has 0 amide bonds. The summed E-state index contributed by atoms with van der Waals surface area (Å²) in [5, 5.41) is 5.10. The number of hydrogen-bond donors (Lipinski definition) is 1. The van der Waals surface area contributed by atoms with E-state index in [1.165, 1.54) is 0 Å². The third-order valence-electron chi connectivity index (χ3n) is 4.72. The van der Waals surface area contributed by atoms with Gasteiger partial charge in [0.15, 0.2) is 0 Å². The van der Waals surface area contributed by atoms with Crippen LogP contribution in [0.15, 0.2) is 66.7 Å². The van der Waals surface area contributed by atoms with Crippen molar-refractivity contribution >= 4 is 16.5 Å². The Balaban J connectivity index is 1.80. The standard InChI is InChI=1S/C20H16F3N/c21-20(22,23)17-12-15-7-3-4-8-18(15)24-19(17)16-10-9-13-5-1-2-6-14(13)11-16/h1-11,17,19,24H,12H2/t17-,19-/m0/s1. The van der Waals surface area contributed by atoms with Crippen LogP contribution in [0, 0.1) is 5.92 Å². The van der Waals surface area contributed by atoms with Gasteiger partial charge >= 0.3 is 6.18 Å². The van der Waals surface area contributed by atoms with E-state index in [1.54, 1.807) is 18.2 Å². The first-order valence-corrected chi connectivity index (χ1v) is 7.92.